The van der Waals surface area contributed by atoms with Gasteiger partial charge < -0.3 is 11.5 Å². The quantitative estimate of drug-likeness (QED) is 0.827. The Morgan fingerprint density at radius 1 is 1.10 bits per heavy atom. The molecule has 0 unspecified atom stereocenters. The lowest BCUT2D eigenvalue weighted by Gasteiger charge is -2.10. The third kappa shape index (κ3) is 3.55. The number of nitriles is 1. The van der Waals surface area contributed by atoms with Gasteiger partial charge in [-0.15, -0.1) is 0 Å². The Morgan fingerprint density at radius 2 is 1.71 bits per heavy atom. The van der Waals surface area contributed by atoms with Gasteiger partial charge in [-0.25, -0.2) is 9.97 Å². The predicted octanol–water partition coefficient (Wildman–Crippen LogP) is 2.68. The van der Waals surface area contributed by atoms with Crippen molar-refractivity contribution in [1.29, 1.82) is 5.26 Å². The number of rotatable bonds is 2. The summed E-state index contributed by atoms with van der Waals surface area (Å²) < 4.78 is 38.6. The first-order valence-corrected chi connectivity index (χ1v) is 6.30. The minimum Gasteiger partial charge on any atom is -0.383 e. The van der Waals surface area contributed by atoms with Crippen molar-refractivity contribution in [2.75, 3.05) is 11.5 Å². The van der Waals surface area contributed by atoms with Crippen molar-refractivity contribution in [1.82, 2.24) is 9.97 Å². The lowest BCUT2D eigenvalue weighted by atomic mass is 10.1. The zero-order valence-electron chi connectivity index (χ0n) is 10.3. The second-order valence-electron chi connectivity index (χ2n) is 3.92. The van der Waals surface area contributed by atoms with E-state index in [9.17, 15) is 13.2 Å². The summed E-state index contributed by atoms with van der Waals surface area (Å²) in [5.41, 5.74) is 9.53. The highest BCUT2D eigenvalue weighted by Crippen LogP contribution is 2.35. The molecular formula is C12H8F3N5S. The van der Waals surface area contributed by atoms with Crippen LogP contribution in [0, 0.1) is 11.3 Å². The topological polar surface area (TPSA) is 102 Å². The smallest absolute Gasteiger partial charge is 0.383 e. The molecule has 0 aliphatic heterocycles. The van der Waals surface area contributed by atoms with E-state index in [0.29, 0.717) is 0 Å². The summed E-state index contributed by atoms with van der Waals surface area (Å²) in [6, 6.07) is 6.19. The molecule has 0 spiro atoms. The number of nitrogens with two attached hydrogens (primary N) is 2. The Bertz CT molecular complexity index is 704. The van der Waals surface area contributed by atoms with Crippen molar-refractivity contribution in [3.63, 3.8) is 0 Å². The maximum Gasteiger partial charge on any atom is 0.417 e. The standard InChI is InChI=1S/C12H8F3N5S/c13-12(14,15)8-3-7(2-1-6(8)5-16)21-11-19-9(17)4-10(18)20-11/h1-4H,(H4,17,18,19,20). The fraction of sp³-hybridized carbons (Fsp3) is 0.0833. The predicted molar refractivity (Wildman–Crippen MR) is 71.1 cm³/mol. The molecule has 9 heteroatoms. The van der Waals surface area contributed by atoms with Crippen molar-refractivity contribution in [2.24, 2.45) is 0 Å². The number of hydrogen-bond donors (Lipinski definition) is 2. The summed E-state index contributed by atoms with van der Waals surface area (Å²) in [4.78, 5) is 7.96. The molecule has 1 heterocycles. The number of alkyl halides is 3. The molecule has 0 amide bonds. The monoisotopic (exact) mass is 311 g/mol. The first-order chi connectivity index (χ1) is 9.79. The van der Waals surface area contributed by atoms with Crippen molar-refractivity contribution in [3.8, 4) is 6.07 Å². The molecule has 2 rings (SSSR count). The molecule has 0 fully saturated rings. The van der Waals surface area contributed by atoms with Gasteiger partial charge in [-0.3, -0.25) is 0 Å². The number of benzene rings is 1. The van der Waals surface area contributed by atoms with Crippen LogP contribution >= 0.6 is 11.8 Å². The molecule has 1 aromatic carbocycles. The zero-order valence-corrected chi connectivity index (χ0v) is 11.2. The van der Waals surface area contributed by atoms with E-state index < -0.39 is 17.3 Å². The third-order valence-electron chi connectivity index (χ3n) is 2.37. The average molecular weight is 311 g/mol. The number of hydrogen-bond acceptors (Lipinski definition) is 6. The maximum atomic E-state index is 12.9. The van der Waals surface area contributed by atoms with E-state index in [1.807, 2.05) is 0 Å². The Balaban J connectivity index is 2.40. The lowest BCUT2D eigenvalue weighted by molar-refractivity contribution is -0.137. The highest BCUT2D eigenvalue weighted by atomic mass is 32.2. The largest absolute Gasteiger partial charge is 0.417 e. The van der Waals surface area contributed by atoms with E-state index in [-0.39, 0.29) is 21.7 Å². The van der Waals surface area contributed by atoms with Crippen LogP contribution < -0.4 is 11.5 Å². The van der Waals surface area contributed by atoms with Gasteiger partial charge in [0.15, 0.2) is 5.16 Å². The molecule has 0 saturated carbocycles. The number of halogens is 3. The lowest BCUT2D eigenvalue weighted by Crippen LogP contribution is -2.08. The first kappa shape index (κ1) is 14.9. The molecule has 0 aliphatic rings. The summed E-state index contributed by atoms with van der Waals surface area (Å²) in [7, 11) is 0. The number of anilines is 2. The molecule has 0 bridgehead atoms. The van der Waals surface area contributed by atoms with Gasteiger partial charge in [-0.2, -0.15) is 18.4 Å². The highest BCUT2D eigenvalue weighted by molar-refractivity contribution is 7.99. The van der Waals surface area contributed by atoms with Crippen LogP contribution in [0.5, 0.6) is 0 Å². The molecule has 2 aromatic rings. The molecule has 0 aliphatic carbocycles. The molecule has 0 atom stereocenters. The van der Waals surface area contributed by atoms with Gasteiger partial charge in [-0.05, 0) is 30.0 Å². The van der Waals surface area contributed by atoms with Crippen LogP contribution in [-0.4, -0.2) is 9.97 Å². The van der Waals surface area contributed by atoms with Gasteiger partial charge >= 0.3 is 6.18 Å². The average Bonchev–Trinajstić information content (AvgIpc) is 2.36. The Morgan fingerprint density at radius 3 is 2.24 bits per heavy atom. The molecule has 108 valence electrons. The molecule has 1 aromatic heterocycles. The van der Waals surface area contributed by atoms with E-state index in [1.54, 1.807) is 0 Å². The summed E-state index contributed by atoms with van der Waals surface area (Å²) in [5, 5.41) is 8.85. The van der Waals surface area contributed by atoms with Crippen LogP contribution in [0.2, 0.25) is 0 Å². The van der Waals surface area contributed by atoms with Gasteiger partial charge in [-0.1, -0.05) is 0 Å². The Hall–Kier alpha value is -2.47. The van der Waals surface area contributed by atoms with E-state index in [1.165, 1.54) is 18.2 Å². The minimum atomic E-state index is -4.61. The summed E-state index contributed by atoms with van der Waals surface area (Å²) in [5.74, 6) is 0.240. The van der Waals surface area contributed by atoms with Crippen molar-refractivity contribution < 1.29 is 13.2 Å². The number of aromatic nitrogens is 2. The molecule has 4 N–H and O–H groups in total. The molecule has 21 heavy (non-hydrogen) atoms. The Kier molecular flexibility index (Phi) is 3.90. The fourth-order valence-electron chi connectivity index (χ4n) is 1.53. The van der Waals surface area contributed by atoms with Gasteiger partial charge in [0.05, 0.1) is 17.2 Å². The van der Waals surface area contributed by atoms with E-state index >= 15 is 0 Å². The summed E-state index contributed by atoms with van der Waals surface area (Å²) in [6.45, 7) is 0. The second kappa shape index (κ2) is 5.49. The summed E-state index contributed by atoms with van der Waals surface area (Å²) >= 11 is 0.874. The molecular weight excluding hydrogens is 303 g/mol. The number of nitrogen functional groups attached to an aromatic ring is 2. The molecule has 0 saturated heterocycles. The zero-order chi connectivity index (χ0) is 15.6. The number of nitrogens with zero attached hydrogens (tertiary/aromatic N) is 3. The normalized spacial score (nSPS) is 11.1. The van der Waals surface area contributed by atoms with E-state index in [2.05, 4.69) is 9.97 Å². The van der Waals surface area contributed by atoms with Crippen LogP contribution in [-0.2, 0) is 6.18 Å². The van der Waals surface area contributed by atoms with Crippen LogP contribution in [0.4, 0.5) is 24.8 Å². The van der Waals surface area contributed by atoms with Crippen LogP contribution in [0.25, 0.3) is 0 Å². The van der Waals surface area contributed by atoms with Gasteiger partial charge in [0.2, 0.25) is 0 Å². The van der Waals surface area contributed by atoms with E-state index in [4.69, 9.17) is 16.7 Å². The van der Waals surface area contributed by atoms with Crippen molar-refractivity contribution >= 4 is 23.4 Å². The molecule has 0 radical (unpaired) electrons. The third-order valence-corrected chi connectivity index (χ3v) is 3.23. The fourth-order valence-corrected chi connectivity index (χ4v) is 2.36. The Labute approximate surface area is 121 Å². The van der Waals surface area contributed by atoms with Gasteiger partial charge in [0.25, 0.3) is 0 Å². The second-order valence-corrected chi connectivity index (χ2v) is 4.96. The maximum absolute atomic E-state index is 12.9. The molecule has 5 nitrogen and oxygen atoms in total. The van der Waals surface area contributed by atoms with Crippen molar-refractivity contribution in [3.05, 3.63) is 35.4 Å². The van der Waals surface area contributed by atoms with Gasteiger partial charge in [0, 0.05) is 11.0 Å². The van der Waals surface area contributed by atoms with E-state index in [0.717, 1.165) is 23.9 Å². The van der Waals surface area contributed by atoms with Crippen LogP contribution in [0.3, 0.4) is 0 Å². The summed E-state index contributed by atoms with van der Waals surface area (Å²) in [6.07, 6.45) is -4.61. The van der Waals surface area contributed by atoms with Crippen LogP contribution in [0.1, 0.15) is 11.1 Å². The minimum absolute atomic E-state index is 0.120. The SMILES string of the molecule is N#Cc1ccc(Sc2nc(N)cc(N)n2)cc1C(F)(F)F. The highest BCUT2D eigenvalue weighted by Gasteiger charge is 2.33. The first-order valence-electron chi connectivity index (χ1n) is 5.49. The van der Waals surface area contributed by atoms with Crippen LogP contribution in [0.15, 0.2) is 34.3 Å². The van der Waals surface area contributed by atoms with Gasteiger partial charge in [0.1, 0.15) is 11.6 Å². The van der Waals surface area contributed by atoms with Crippen molar-refractivity contribution in [2.45, 2.75) is 16.2 Å².